The van der Waals surface area contributed by atoms with E-state index in [9.17, 15) is 8.42 Å². The number of nitrogens with two attached hydrogens (primary N) is 1. The normalized spacial score (nSPS) is 23.5. The van der Waals surface area contributed by atoms with E-state index in [1.54, 1.807) is 0 Å². The van der Waals surface area contributed by atoms with Gasteiger partial charge in [0.2, 0.25) is 10.0 Å². The molecule has 6 nitrogen and oxygen atoms in total. The fourth-order valence-corrected chi connectivity index (χ4v) is 3.13. The summed E-state index contributed by atoms with van der Waals surface area (Å²) in [5.41, 5.74) is 5.53. The van der Waals surface area contributed by atoms with E-state index >= 15 is 0 Å². The Labute approximate surface area is 96.7 Å². The van der Waals surface area contributed by atoms with Gasteiger partial charge in [-0.25, -0.2) is 8.42 Å². The molecule has 0 aromatic rings. The summed E-state index contributed by atoms with van der Waals surface area (Å²) in [5.74, 6) is 0.0112. The van der Waals surface area contributed by atoms with Gasteiger partial charge in [-0.05, 0) is 6.92 Å². The minimum absolute atomic E-state index is 0.0112. The van der Waals surface area contributed by atoms with Gasteiger partial charge in [0.05, 0.1) is 31.6 Å². The molecule has 96 valence electrons. The van der Waals surface area contributed by atoms with Gasteiger partial charge in [-0.1, -0.05) is 0 Å². The van der Waals surface area contributed by atoms with Crippen LogP contribution < -0.4 is 5.73 Å². The molecule has 0 aromatic carbocycles. The Bertz CT molecular complexity index is 294. The van der Waals surface area contributed by atoms with Crippen LogP contribution in [0.2, 0.25) is 0 Å². The Balaban J connectivity index is 2.57. The standard InChI is InChI=1S/C9H20N2O4S/c1-2-14-5-6-16(12,13)11-3-4-15-8-9(11)7-10/h9H,2-8,10H2,1H3. The topological polar surface area (TPSA) is 81.9 Å². The lowest BCUT2D eigenvalue weighted by molar-refractivity contribution is 0.0354. The molecule has 16 heavy (non-hydrogen) atoms. The lowest BCUT2D eigenvalue weighted by atomic mass is 10.3. The predicted octanol–water partition coefficient (Wildman–Crippen LogP) is -0.988. The second kappa shape index (κ2) is 6.51. The zero-order valence-corrected chi connectivity index (χ0v) is 10.4. The van der Waals surface area contributed by atoms with Crippen molar-refractivity contribution in [1.29, 1.82) is 0 Å². The summed E-state index contributed by atoms with van der Waals surface area (Å²) in [6.07, 6.45) is 0. The molecule has 1 heterocycles. The third-order valence-electron chi connectivity index (χ3n) is 2.49. The van der Waals surface area contributed by atoms with Crippen molar-refractivity contribution in [2.75, 3.05) is 45.3 Å². The number of morpholine rings is 1. The molecule has 1 rings (SSSR count). The first-order valence-corrected chi connectivity index (χ1v) is 7.07. The molecule has 1 aliphatic rings. The highest BCUT2D eigenvalue weighted by Crippen LogP contribution is 2.12. The second-order valence-corrected chi connectivity index (χ2v) is 5.63. The highest BCUT2D eigenvalue weighted by atomic mass is 32.2. The van der Waals surface area contributed by atoms with Crippen LogP contribution in [0.3, 0.4) is 0 Å². The maximum atomic E-state index is 12.0. The Morgan fingerprint density at radius 1 is 1.56 bits per heavy atom. The average Bonchev–Trinajstić information content (AvgIpc) is 2.29. The molecule has 2 N–H and O–H groups in total. The SMILES string of the molecule is CCOCCS(=O)(=O)N1CCOCC1CN. The molecule has 1 atom stereocenters. The Kier molecular flexibility index (Phi) is 5.63. The van der Waals surface area contributed by atoms with E-state index < -0.39 is 10.0 Å². The third-order valence-corrected chi connectivity index (χ3v) is 4.37. The second-order valence-electron chi connectivity index (χ2n) is 3.59. The molecule has 1 fully saturated rings. The summed E-state index contributed by atoms with van der Waals surface area (Å²) < 4.78 is 35.6. The molecule has 0 aliphatic carbocycles. The van der Waals surface area contributed by atoms with Gasteiger partial charge in [-0.15, -0.1) is 0 Å². The molecular weight excluding hydrogens is 232 g/mol. The van der Waals surface area contributed by atoms with E-state index in [0.29, 0.717) is 26.4 Å². The zero-order valence-electron chi connectivity index (χ0n) is 9.59. The van der Waals surface area contributed by atoms with E-state index in [-0.39, 0.29) is 24.9 Å². The van der Waals surface area contributed by atoms with Crippen molar-refractivity contribution < 1.29 is 17.9 Å². The molecule has 0 aromatic heterocycles. The van der Waals surface area contributed by atoms with E-state index in [2.05, 4.69) is 0 Å². The van der Waals surface area contributed by atoms with Gasteiger partial charge in [-0.3, -0.25) is 0 Å². The van der Waals surface area contributed by atoms with Crippen molar-refractivity contribution in [2.24, 2.45) is 5.73 Å². The average molecular weight is 252 g/mol. The van der Waals surface area contributed by atoms with Gasteiger partial charge in [0.15, 0.2) is 0 Å². The Hall–Kier alpha value is -0.210. The van der Waals surface area contributed by atoms with Crippen LogP contribution >= 0.6 is 0 Å². The Morgan fingerprint density at radius 3 is 2.94 bits per heavy atom. The fourth-order valence-electron chi connectivity index (χ4n) is 1.62. The van der Waals surface area contributed by atoms with Crippen LogP contribution in [0.15, 0.2) is 0 Å². The predicted molar refractivity (Wildman–Crippen MR) is 60.6 cm³/mol. The molecule has 0 radical (unpaired) electrons. The van der Waals surface area contributed by atoms with Crippen LogP contribution in [0.25, 0.3) is 0 Å². The maximum Gasteiger partial charge on any atom is 0.216 e. The molecule has 0 saturated carbocycles. The van der Waals surface area contributed by atoms with Crippen molar-refractivity contribution in [2.45, 2.75) is 13.0 Å². The van der Waals surface area contributed by atoms with Gasteiger partial charge in [0.25, 0.3) is 0 Å². The quantitative estimate of drug-likeness (QED) is 0.614. The molecular formula is C9H20N2O4S. The molecule has 7 heteroatoms. The summed E-state index contributed by atoms with van der Waals surface area (Å²) in [4.78, 5) is 0. The molecule has 0 spiro atoms. The minimum atomic E-state index is -3.27. The monoisotopic (exact) mass is 252 g/mol. The number of ether oxygens (including phenoxy) is 2. The smallest absolute Gasteiger partial charge is 0.216 e. The van der Waals surface area contributed by atoms with Gasteiger partial charge < -0.3 is 15.2 Å². The number of nitrogens with zero attached hydrogens (tertiary/aromatic N) is 1. The van der Waals surface area contributed by atoms with E-state index in [1.807, 2.05) is 6.92 Å². The van der Waals surface area contributed by atoms with Crippen LogP contribution in [0.1, 0.15) is 6.92 Å². The van der Waals surface area contributed by atoms with Gasteiger partial charge in [0.1, 0.15) is 0 Å². The largest absolute Gasteiger partial charge is 0.381 e. The number of rotatable bonds is 6. The highest BCUT2D eigenvalue weighted by molar-refractivity contribution is 7.89. The van der Waals surface area contributed by atoms with Crippen LogP contribution in [0, 0.1) is 0 Å². The van der Waals surface area contributed by atoms with E-state index in [0.717, 1.165) is 0 Å². The third kappa shape index (κ3) is 3.67. The van der Waals surface area contributed by atoms with Gasteiger partial charge in [0, 0.05) is 19.7 Å². The Morgan fingerprint density at radius 2 is 2.31 bits per heavy atom. The van der Waals surface area contributed by atoms with Crippen LogP contribution in [-0.2, 0) is 19.5 Å². The van der Waals surface area contributed by atoms with Crippen molar-refractivity contribution in [1.82, 2.24) is 4.31 Å². The van der Waals surface area contributed by atoms with Crippen molar-refractivity contribution >= 4 is 10.0 Å². The summed E-state index contributed by atoms with van der Waals surface area (Å²) in [6, 6.07) is -0.236. The van der Waals surface area contributed by atoms with Crippen LogP contribution in [0.5, 0.6) is 0 Å². The molecule has 1 aliphatic heterocycles. The summed E-state index contributed by atoms with van der Waals surface area (Å²) >= 11 is 0. The van der Waals surface area contributed by atoms with E-state index in [4.69, 9.17) is 15.2 Å². The first-order chi connectivity index (χ1) is 7.61. The van der Waals surface area contributed by atoms with Crippen molar-refractivity contribution in [3.05, 3.63) is 0 Å². The number of hydrogen-bond donors (Lipinski definition) is 1. The highest BCUT2D eigenvalue weighted by Gasteiger charge is 2.31. The van der Waals surface area contributed by atoms with E-state index in [1.165, 1.54) is 4.31 Å². The van der Waals surface area contributed by atoms with Crippen molar-refractivity contribution in [3.8, 4) is 0 Å². The molecule has 0 amide bonds. The van der Waals surface area contributed by atoms with Crippen molar-refractivity contribution in [3.63, 3.8) is 0 Å². The summed E-state index contributed by atoms with van der Waals surface area (Å²) in [6.45, 7) is 4.08. The summed E-state index contributed by atoms with van der Waals surface area (Å²) in [5, 5.41) is 0. The zero-order chi connectivity index (χ0) is 12.0. The van der Waals surface area contributed by atoms with Gasteiger partial charge >= 0.3 is 0 Å². The lowest BCUT2D eigenvalue weighted by Gasteiger charge is -2.33. The number of sulfonamides is 1. The number of hydrogen-bond acceptors (Lipinski definition) is 5. The minimum Gasteiger partial charge on any atom is -0.381 e. The van der Waals surface area contributed by atoms with Crippen LogP contribution in [0.4, 0.5) is 0 Å². The molecule has 0 bridgehead atoms. The first kappa shape index (κ1) is 13.9. The first-order valence-electron chi connectivity index (χ1n) is 5.47. The maximum absolute atomic E-state index is 12.0. The van der Waals surface area contributed by atoms with Crippen LogP contribution in [-0.4, -0.2) is 64.0 Å². The molecule has 1 saturated heterocycles. The summed E-state index contributed by atoms with van der Waals surface area (Å²) in [7, 11) is -3.27. The lowest BCUT2D eigenvalue weighted by Crippen LogP contribution is -2.52. The molecule has 1 unspecified atom stereocenters. The fraction of sp³-hybridized carbons (Fsp3) is 1.00. The van der Waals surface area contributed by atoms with Gasteiger partial charge in [-0.2, -0.15) is 4.31 Å².